The number of ether oxygens (including phenoxy) is 1. The number of aryl methyl sites for hydroxylation is 2. The average molecular weight is 388 g/mol. The predicted octanol–water partition coefficient (Wildman–Crippen LogP) is 3.53. The summed E-state index contributed by atoms with van der Waals surface area (Å²) < 4.78 is 5.49. The van der Waals surface area contributed by atoms with Gasteiger partial charge in [-0.1, -0.05) is 0 Å². The third-order valence-electron chi connectivity index (χ3n) is 6.31. The van der Waals surface area contributed by atoms with Crippen LogP contribution >= 0.6 is 0 Å². The number of H-pyrrole nitrogens is 2. The lowest BCUT2D eigenvalue weighted by Gasteiger charge is -2.25. The SMILES string of the molecule is Cc1[nH]ncc1-c1[nH]c2ccc3nc(N4CCOCC4)nc3c2c2c1CCCC2. The summed E-state index contributed by atoms with van der Waals surface area (Å²) in [6.07, 6.45) is 6.54. The first kappa shape index (κ1) is 17.0. The van der Waals surface area contributed by atoms with Gasteiger partial charge in [-0.05, 0) is 55.9 Å². The van der Waals surface area contributed by atoms with E-state index in [1.807, 2.05) is 6.20 Å². The van der Waals surface area contributed by atoms with E-state index >= 15 is 0 Å². The van der Waals surface area contributed by atoms with E-state index in [1.165, 1.54) is 35.0 Å². The molecule has 1 saturated heterocycles. The first-order chi connectivity index (χ1) is 14.3. The van der Waals surface area contributed by atoms with E-state index < -0.39 is 0 Å². The summed E-state index contributed by atoms with van der Waals surface area (Å²) in [4.78, 5) is 15.8. The van der Waals surface area contributed by atoms with Crippen LogP contribution in [0.1, 0.15) is 29.7 Å². The zero-order chi connectivity index (χ0) is 19.4. The van der Waals surface area contributed by atoms with Crippen molar-refractivity contribution in [3.8, 4) is 11.3 Å². The van der Waals surface area contributed by atoms with Gasteiger partial charge in [0.1, 0.15) is 5.52 Å². The molecule has 0 bridgehead atoms. The van der Waals surface area contributed by atoms with Gasteiger partial charge in [-0.3, -0.25) is 5.10 Å². The number of benzene rings is 1. The molecule has 1 fully saturated rings. The summed E-state index contributed by atoms with van der Waals surface area (Å²) >= 11 is 0. The second-order valence-electron chi connectivity index (χ2n) is 8.05. The van der Waals surface area contributed by atoms with Gasteiger partial charge in [0.2, 0.25) is 5.95 Å². The largest absolute Gasteiger partial charge is 0.378 e. The molecule has 1 aromatic carbocycles. The standard InChI is InChI=1S/C22H24N6O/c1-13-16(12-23-27-13)20-15-5-3-2-4-14(15)19-17(24-20)6-7-18-21(19)26-22(25-18)28-8-10-29-11-9-28/h6-7,12,24H,2-5,8-11H2,1H3,(H,23,27). The molecule has 0 amide bonds. The van der Waals surface area contributed by atoms with Crippen molar-refractivity contribution >= 4 is 27.9 Å². The van der Waals surface area contributed by atoms with E-state index in [1.54, 1.807) is 0 Å². The molecule has 7 nitrogen and oxygen atoms in total. The maximum atomic E-state index is 5.49. The molecule has 0 unspecified atom stereocenters. The number of anilines is 1. The molecule has 148 valence electrons. The van der Waals surface area contributed by atoms with Gasteiger partial charge in [-0.25, -0.2) is 9.97 Å². The van der Waals surface area contributed by atoms with Gasteiger partial charge in [-0.15, -0.1) is 0 Å². The highest BCUT2D eigenvalue weighted by Gasteiger charge is 2.23. The predicted molar refractivity (Wildman–Crippen MR) is 113 cm³/mol. The van der Waals surface area contributed by atoms with Crippen molar-refractivity contribution in [3.63, 3.8) is 0 Å². The number of aromatic amines is 2. The Hall–Kier alpha value is -2.93. The normalized spacial score (nSPS) is 17.2. The zero-order valence-electron chi connectivity index (χ0n) is 16.6. The smallest absolute Gasteiger partial charge is 0.226 e. The zero-order valence-corrected chi connectivity index (χ0v) is 16.6. The van der Waals surface area contributed by atoms with Crippen molar-refractivity contribution in [2.75, 3.05) is 31.2 Å². The quantitative estimate of drug-likeness (QED) is 0.549. The number of imidazole rings is 1. The third-order valence-corrected chi connectivity index (χ3v) is 6.31. The summed E-state index contributed by atoms with van der Waals surface area (Å²) in [5.74, 6) is 0.829. The number of hydrogen-bond donors (Lipinski definition) is 2. The van der Waals surface area contributed by atoms with Crippen molar-refractivity contribution < 1.29 is 4.74 Å². The first-order valence-electron chi connectivity index (χ1n) is 10.5. The molecule has 0 saturated carbocycles. The van der Waals surface area contributed by atoms with Crippen molar-refractivity contribution in [1.29, 1.82) is 0 Å². The van der Waals surface area contributed by atoms with Gasteiger partial charge < -0.3 is 14.6 Å². The van der Waals surface area contributed by atoms with Crippen LogP contribution in [0.3, 0.4) is 0 Å². The molecule has 0 radical (unpaired) electrons. The van der Waals surface area contributed by atoms with Crippen LogP contribution in [-0.2, 0) is 17.6 Å². The van der Waals surface area contributed by atoms with E-state index in [9.17, 15) is 0 Å². The summed E-state index contributed by atoms with van der Waals surface area (Å²) in [5.41, 5.74) is 9.43. The number of aromatic nitrogens is 5. The molecule has 7 heteroatoms. The lowest BCUT2D eigenvalue weighted by atomic mass is 9.86. The first-order valence-corrected chi connectivity index (χ1v) is 10.5. The monoisotopic (exact) mass is 388 g/mol. The summed E-state index contributed by atoms with van der Waals surface area (Å²) in [6, 6.07) is 4.25. The third kappa shape index (κ3) is 2.64. The molecule has 4 aromatic rings. The van der Waals surface area contributed by atoms with Gasteiger partial charge in [-0.2, -0.15) is 5.10 Å². The van der Waals surface area contributed by atoms with Crippen LogP contribution in [0, 0.1) is 6.92 Å². The van der Waals surface area contributed by atoms with Crippen molar-refractivity contribution in [2.24, 2.45) is 0 Å². The van der Waals surface area contributed by atoms with Crippen LogP contribution in [0.2, 0.25) is 0 Å². The Kier molecular flexibility index (Phi) is 3.84. The number of rotatable bonds is 2. The van der Waals surface area contributed by atoms with Crippen molar-refractivity contribution in [3.05, 3.63) is 35.2 Å². The number of morpholine rings is 1. The van der Waals surface area contributed by atoms with Gasteiger partial charge in [0.15, 0.2) is 0 Å². The Balaban J connectivity index is 1.60. The van der Waals surface area contributed by atoms with Gasteiger partial charge >= 0.3 is 0 Å². The van der Waals surface area contributed by atoms with Gasteiger partial charge in [0.25, 0.3) is 0 Å². The van der Waals surface area contributed by atoms with E-state index in [0.717, 1.165) is 72.9 Å². The minimum Gasteiger partial charge on any atom is -0.378 e. The van der Waals surface area contributed by atoms with Crippen LogP contribution in [0.4, 0.5) is 5.95 Å². The summed E-state index contributed by atoms with van der Waals surface area (Å²) in [7, 11) is 0. The van der Waals surface area contributed by atoms with Crippen molar-refractivity contribution in [1.82, 2.24) is 25.1 Å². The lowest BCUT2D eigenvalue weighted by Crippen LogP contribution is -2.36. The number of fused-ring (bicyclic) bond motifs is 5. The Morgan fingerprint density at radius 3 is 2.66 bits per heavy atom. The second kappa shape index (κ2) is 6.56. The van der Waals surface area contributed by atoms with E-state index in [4.69, 9.17) is 14.7 Å². The Morgan fingerprint density at radius 2 is 1.86 bits per heavy atom. The fourth-order valence-corrected chi connectivity index (χ4v) is 4.83. The Bertz CT molecular complexity index is 1220. The lowest BCUT2D eigenvalue weighted by molar-refractivity contribution is 0.122. The molecular weight excluding hydrogens is 364 g/mol. The van der Waals surface area contributed by atoms with Crippen LogP contribution in [0.15, 0.2) is 18.3 Å². The Labute approximate surface area is 168 Å². The minimum atomic E-state index is 0.738. The molecular formula is C22H24N6O. The molecule has 6 rings (SSSR count). The highest BCUT2D eigenvalue weighted by atomic mass is 16.5. The number of hydrogen-bond acceptors (Lipinski definition) is 5. The van der Waals surface area contributed by atoms with E-state index in [-0.39, 0.29) is 0 Å². The number of nitrogens with one attached hydrogen (secondary N) is 2. The summed E-state index contributed by atoms with van der Waals surface area (Å²) in [5, 5.41) is 8.58. The maximum absolute atomic E-state index is 5.49. The minimum absolute atomic E-state index is 0.738. The van der Waals surface area contributed by atoms with Crippen molar-refractivity contribution in [2.45, 2.75) is 32.6 Å². The van der Waals surface area contributed by atoms with Crippen LogP contribution in [0.25, 0.3) is 33.2 Å². The van der Waals surface area contributed by atoms with Gasteiger partial charge in [0, 0.05) is 35.2 Å². The van der Waals surface area contributed by atoms with Crippen LogP contribution in [-0.4, -0.2) is 51.5 Å². The molecule has 2 aliphatic rings. The highest BCUT2D eigenvalue weighted by Crippen LogP contribution is 2.38. The highest BCUT2D eigenvalue weighted by molar-refractivity contribution is 6.06. The average Bonchev–Trinajstić information content (AvgIpc) is 3.39. The summed E-state index contributed by atoms with van der Waals surface area (Å²) in [6.45, 7) is 5.26. The molecule has 2 N–H and O–H groups in total. The molecule has 1 aliphatic carbocycles. The number of nitrogens with zero attached hydrogens (tertiary/aromatic N) is 4. The second-order valence-corrected chi connectivity index (χ2v) is 8.05. The molecule has 4 heterocycles. The van der Waals surface area contributed by atoms with E-state index in [0.29, 0.717) is 0 Å². The molecule has 29 heavy (non-hydrogen) atoms. The Morgan fingerprint density at radius 1 is 1.03 bits per heavy atom. The van der Waals surface area contributed by atoms with Gasteiger partial charge in [0.05, 0.1) is 30.6 Å². The van der Waals surface area contributed by atoms with E-state index in [2.05, 4.69) is 39.1 Å². The topological polar surface area (TPSA) is 82.7 Å². The fraction of sp³-hybridized carbons (Fsp3) is 0.409. The van der Waals surface area contributed by atoms with Crippen LogP contribution in [0.5, 0.6) is 0 Å². The molecule has 3 aromatic heterocycles. The maximum Gasteiger partial charge on any atom is 0.226 e. The molecule has 1 aliphatic heterocycles. The fourth-order valence-electron chi connectivity index (χ4n) is 4.83. The van der Waals surface area contributed by atoms with Crippen LogP contribution < -0.4 is 4.90 Å². The number of pyridine rings is 1. The molecule has 0 atom stereocenters. The molecule has 0 spiro atoms.